The van der Waals surface area contributed by atoms with Gasteiger partial charge >= 0.3 is 5.97 Å². The van der Waals surface area contributed by atoms with Crippen LogP contribution in [0.3, 0.4) is 0 Å². The van der Waals surface area contributed by atoms with Crippen molar-refractivity contribution in [1.82, 2.24) is 4.90 Å². The van der Waals surface area contributed by atoms with Crippen LogP contribution in [0.1, 0.15) is 10.4 Å². The number of rotatable bonds is 4. The first-order valence-corrected chi connectivity index (χ1v) is 5.20. The van der Waals surface area contributed by atoms with Gasteiger partial charge in [0.05, 0.1) is 12.1 Å². The van der Waals surface area contributed by atoms with Gasteiger partial charge in [-0.25, -0.2) is 4.79 Å². The van der Waals surface area contributed by atoms with Crippen LogP contribution >= 0.6 is 0 Å². The summed E-state index contributed by atoms with van der Waals surface area (Å²) in [6, 6.07) is 8.53. The number of carbonyl (C=O) groups excluding carboxylic acids is 1. The number of ether oxygens (including phenoxy) is 1. The third-order valence-electron chi connectivity index (χ3n) is 2.14. The Kier molecular flexibility index (Phi) is 4.67. The second-order valence-corrected chi connectivity index (χ2v) is 3.42. The summed E-state index contributed by atoms with van der Waals surface area (Å²) in [5.74, 6) is -1.20. The molecule has 0 heterocycles. The normalized spacial score (nSPS) is 9.56. The maximum Gasteiger partial charge on any atom is 0.338 e. The molecule has 0 unspecified atom stereocenters. The Morgan fingerprint density at radius 1 is 1.17 bits per heavy atom. The van der Waals surface area contributed by atoms with E-state index in [0.717, 1.165) is 4.90 Å². The van der Waals surface area contributed by atoms with Crippen LogP contribution in [0.5, 0.6) is 0 Å². The summed E-state index contributed by atoms with van der Waals surface area (Å²) in [6.07, 6.45) is 0. The first-order valence-electron chi connectivity index (χ1n) is 5.20. The standard InChI is InChI=1S/C11H15N5O2/c12-10(13)16(11(14)15)6-7-18-9(17)8-4-2-1-3-5-8/h1-5H,6-7H2,(H3,12,13)(H3,14,15). The average molecular weight is 249 g/mol. The molecule has 0 amide bonds. The van der Waals surface area contributed by atoms with E-state index in [-0.39, 0.29) is 25.1 Å². The smallest absolute Gasteiger partial charge is 0.338 e. The third-order valence-corrected chi connectivity index (χ3v) is 2.14. The van der Waals surface area contributed by atoms with Gasteiger partial charge < -0.3 is 16.2 Å². The monoisotopic (exact) mass is 249 g/mol. The van der Waals surface area contributed by atoms with Gasteiger partial charge in [-0.05, 0) is 12.1 Å². The number of esters is 1. The number of hydrogen-bond donors (Lipinski definition) is 4. The van der Waals surface area contributed by atoms with Crippen molar-refractivity contribution in [1.29, 1.82) is 10.8 Å². The zero-order valence-electron chi connectivity index (χ0n) is 9.72. The molecule has 1 aromatic carbocycles. The zero-order valence-corrected chi connectivity index (χ0v) is 9.72. The lowest BCUT2D eigenvalue weighted by Gasteiger charge is -2.19. The fraction of sp³-hybridized carbons (Fsp3) is 0.182. The van der Waals surface area contributed by atoms with Crippen LogP contribution in [0, 0.1) is 10.8 Å². The highest BCUT2D eigenvalue weighted by Gasteiger charge is 2.11. The van der Waals surface area contributed by atoms with Gasteiger partial charge in [-0.3, -0.25) is 15.7 Å². The Morgan fingerprint density at radius 3 is 2.22 bits per heavy atom. The molecule has 7 nitrogen and oxygen atoms in total. The highest BCUT2D eigenvalue weighted by Crippen LogP contribution is 2.00. The van der Waals surface area contributed by atoms with E-state index in [2.05, 4.69) is 0 Å². The van der Waals surface area contributed by atoms with Crippen molar-refractivity contribution in [2.75, 3.05) is 13.2 Å². The fourth-order valence-electron chi connectivity index (χ4n) is 1.26. The predicted molar refractivity (Wildman–Crippen MR) is 67.3 cm³/mol. The summed E-state index contributed by atoms with van der Waals surface area (Å²) >= 11 is 0. The van der Waals surface area contributed by atoms with Gasteiger partial charge in [0.25, 0.3) is 0 Å². The molecule has 0 spiro atoms. The van der Waals surface area contributed by atoms with E-state index in [1.54, 1.807) is 30.3 Å². The summed E-state index contributed by atoms with van der Waals surface area (Å²) in [4.78, 5) is 12.6. The maximum atomic E-state index is 11.6. The topological polar surface area (TPSA) is 129 Å². The highest BCUT2D eigenvalue weighted by atomic mass is 16.5. The number of nitrogens with zero attached hydrogens (tertiary/aromatic N) is 1. The van der Waals surface area contributed by atoms with Crippen molar-refractivity contribution >= 4 is 17.9 Å². The van der Waals surface area contributed by atoms with Crippen LogP contribution < -0.4 is 11.5 Å². The number of benzene rings is 1. The lowest BCUT2D eigenvalue weighted by molar-refractivity contribution is 0.0497. The molecular weight excluding hydrogens is 234 g/mol. The molecule has 0 saturated carbocycles. The molecule has 0 aliphatic rings. The highest BCUT2D eigenvalue weighted by molar-refractivity contribution is 5.94. The molecular formula is C11H15N5O2. The minimum atomic E-state index is -0.470. The summed E-state index contributed by atoms with van der Waals surface area (Å²) < 4.78 is 4.97. The first kappa shape index (κ1) is 13.5. The molecule has 18 heavy (non-hydrogen) atoms. The van der Waals surface area contributed by atoms with Crippen molar-refractivity contribution in [3.8, 4) is 0 Å². The Balaban J connectivity index is 2.44. The fourth-order valence-corrected chi connectivity index (χ4v) is 1.26. The van der Waals surface area contributed by atoms with E-state index < -0.39 is 5.97 Å². The Labute approximate surface area is 104 Å². The van der Waals surface area contributed by atoms with Crippen molar-refractivity contribution in [3.05, 3.63) is 35.9 Å². The van der Waals surface area contributed by atoms with Crippen LogP contribution in [0.25, 0.3) is 0 Å². The van der Waals surface area contributed by atoms with E-state index >= 15 is 0 Å². The third kappa shape index (κ3) is 3.78. The summed E-state index contributed by atoms with van der Waals surface area (Å²) in [7, 11) is 0. The molecule has 0 radical (unpaired) electrons. The van der Waals surface area contributed by atoms with Gasteiger partial charge in [-0.1, -0.05) is 18.2 Å². The SMILES string of the molecule is N=C(N)N(CCOC(=O)c1ccccc1)C(=N)N. The lowest BCUT2D eigenvalue weighted by atomic mass is 10.2. The second kappa shape index (κ2) is 6.24. The van der Waals surface area contributed by atoms with Crippen molar-refractivity contribution in [2.24, 2.45) is 11.5 Å². The predicted octanol–water partition coefficient (Wildman–Crippen LogP) is -0.0677. The van der Waals surface area contributed by atoms with Crippen LogP contribution in [-0.2, 0) is 4.74 Å². The molecule has 96 valence electrons. The van der Waals surface area contributed by atoms with Gasteiger partial charge in [0.15, 0.2) is 11.9 Å². The summed E-state index contributed by atoms with van der Waals surface area (Å²) in [6.45, 7) is 0.0656. The number of nitrogens with one attached hydrogen (secondary N) is 2. The number of hydrogen-bond acceptors (Lipinski definition) is 4. The van der Waals surface area contributed by atoms with Gasteiger partial charge in [0.2, 0.25) is 0 Å². The molecule has 0 aliphatic heterocycles. The zero-order chi connectivity index (χ0) is 13.5. The van der Waals surface area contributed by atoms with E-state index in [9.17, 15) is 4.79 Å². The van der Waals surface area contributed by atoms with E-state index in [0.29, 0.717) is 5.56 Å². The summed E-state index contributed by atoms with van der Waals surface area (Å²) in [5, 5.41) is 14.3. The van der Waals surface area contributed by atoms with Crippen LogP contribution in [0.4, 0.5) is 0 Å². The van der Waals surface area contributed by atoms with Gasteiger partial charge in [-0.2, -0.15) is 0 Å². The van der Waals surface area contributed by atoms with Crippen LogP contribution in [-0.4, -0.2) is 35.9 Å². The largest absolute Gasteiger partial charge is 0.460 e. The molecule has 0 aromatic heterocycles. The molecule has 1 aromatic rings. The molecule has 0 fully saturated rings. The van der Waals surface area contributed by atoms with E-state index in [1.165, 1.54) is 0 Å². The van der Waals surface area contributed by atoms with Gasteiger partial charge in [-0.15, -0.1) is 0 Å². The van der Waals surface area contributed by atoms with Gasteiger partial charge in [0, 0.05) is 0 Å². The summed E-state index contributed by atoms with van der Waals surface area (Å²) in [5.41, 5.74) is 10.9. The molecule has 0 aliphatic carbocycles. The number of nitrogens with two attached hydrogens (primary N) is 2. The number of guanidine groups is 2. The van der Waals surface area contributed by atoms with Crippen LogP contribution in [0.15, 0.2) is 30.3 Å². The Bertz CT molecular complexity index is 432. The minimum Gasteiger partial charge on any atom is -0.460 e. The van der Waals surface area contributed by atoms with E-state index in [4.69, 9.17) is 27.0 Å². The molecule has 0 atom stereocenters. The molecule has 0 bridgehead atoms. The quantitative estimate of drug-likeness (QED) is 0.337. The molecule has 7 heteroatoms. The maximum absolute atomic E-state index is 11.6. The Morgan fingerprint density at radius 2 is 1.72 bits per heavy atom. The molecule has 6 N–H and O–H groups in total. The first-order chi connectivity index (χ1) is 8.52. The van der Waals surface area contributed by atoms with Crippen molar-refractivity contribution in [3.63, 3.8) is 0 Å². The van der Waals surface area contributed by atoms with Gasteiger partial charge in [0.1, 0.15) is 6.61 Å². The van der Waals surface area contributed by atoms with Crippen molar-refractivity contribution in [2.45, 2.75) is 0 Å². The van der Waals surface area contributed by atoms with E-state index in [1.807, 2.05) is 0 Å². The average Bonchev–Trinajstić information content (AvgIpc) is 2.34. The lowest BCUT2D eigenvalue weighted by Crippen LogP contribution is -2.46. The number of carbonyl (C=O) groups is 1. The molecule has 1 rings (SSSR count). The minimum absolute atomic E-state index is 0.00706. The second-order valence-electron chi connectivity index (χ2n) is 3.42. The Hall–Kier alpha value is -2.57. The van der Waals surface area contributed by atoms with Crippen LogP contribution in [0.2, 0.25) is 0 Å². The molecule has 0 saturated heterocycles. The van der Waals surface area contributed by atoms with Crippen molar-refractivity contribution < 1.29 is 9.53 Å².